The highest BCUT2D eigenvalue weighted by atomic mass is 32.1. The first-order valence-corrected chi connectivity index (χ1v) is 8.89. The Balaban J connectivity index is 1.74. The molecule has 1 N–H and O–H groups in total. The molecule has 0 aliphatic carbocycles. The first-order chi connectivity index (χ1) is 10.8. The van der Waals surface area contributed by atoms with Gasteiger partial charge in [0.25, 0.3) is 0 Å². The molecule has 1 atom stereocenters. The average Bonchev–Trinajstić information content (AvgIpc) is 2.78. The van der Waals surface area contributed by atoms with E-state index in [-0.39, 0.29) is 0 Å². The number of thiazole rings is 1. The predicted molar refractivity (Wildman–Crippen MR) is 90.8 cm³/mol. The van der Waals surface area contributed by atoms with E-state index in [2.05, 4.69) is 39.2 Å². The number of pyridine rings is 1. The minimum atomic E-state index is 0.624. The van der Waals surface area contributed by atoms with Crippen molar-refractivity contribution in [2.24, 2.45) is 0 Å². The fourth-order valence-electron chi connectivity index (χ4n) is 3.06. The highest BCUT2D eigenvalue weighted by Gasteiger charge is 2.21. The third-order valence-electron chi connectivity index (χ3n) is 4.18. The zero-order valence-electron chi connectivity index (χ0n) is 13.2. The van der Waals surface area contributed by atoms with E-state index in [1.165, 1.54) is 24.1 Å². The summed E-state index contributed by atoms with van der Waals surface area (Å²) in [6, 6.07) is 6.81. The summed E-state index contributed by atoms with van der Waals surface area (Å²) in [4.78, 5) is 12.9. The Labute approximate surface area is 136 Å². The van der Waals surface area contributed by atoms with Crippen LogP contribution in [0.25, 0.3) is 0 Å². The summed E-state index contributed by atoms with van der Waals surface area (Å²) in [6.45, 7) is 6.24. The van der Waals surface area contributed by atoms with Gasteiger partial charge in [-0.25, -0.2) is 4.98 Å². The Morgan fingerprint density at radius 2 is 2.18 bits per heavy atom. The van der Waals surface area contributed by atoms with Gasteiger partial charge < -0.3 is 5.32 Å². The SMILES string of the molecule is Cc1ncc(CN(Cc2ccccn2)[C@H]2CCCNCC2)s1. The molecule has 1 aliphatic rings. The number of hydrogen-bond acceptors (Lipinski definition) is 5. The van der Waals surface area contributed by atoms with Gasteiger partial charge in [0.1, 0.15) is 0 Å². The Kier molecular flexibility index (Phi) is 5.53. The fraction of sp³-hybridized carbons (Fsp3) is 0.529. The van der Waals surface area contributed by atoms with Crippen LogP contribution in [0.3, 0.4) is 0 Å². The molecular weight excluding hydrogens is 292 g/mol. The van der Waals surface area contributed by atoms with E-state index in [4.69, 9.17) is 0 Å². The van der Waals surface area contributed by atoms with Gasteiger partial charge in [-0.15, -0.1) is 11.3 Å². The summed E-state index contributed by atoms with van der Waals surface area (Å²) >= 11 is 1.81. The van der Waals surface area contributed by atoms with Crippen molar-refractivity contribution in [3.8, 4) is 0 Å². The molecule has 22 heavy (non-hydrogen) atoms. The molecule has 5 heteroatoms. The van der Waals surface area contributed by atoms with Crippen LogP contribution in [-0.2, 0) is 13.1 Å². The lowest BCUT2D eigenvalue weighted by Crippen LogP contribution is -2.35. The van der Waals surface area contributed by atoms with E-state index in [1.807, 2.05) is 29.8 Å². The smallest absolute Gasteiger partial charge is 0.0897 e. The van der Waals surface area contributed by atoms with Crippen LogP contribution >= 0.6 is 11.3 Å². The predicted octanol–water partition coefficient (Wildman–Crippen LogP) is 2.99. The molecule has 0 saturated carbocycles. The second-order valence-electron chi connectivity index (χ2n) is 5.91. The van der Waals surface area contributed by atoms with E-state index in [0.29, 0.717) is 6.04 Å². The maximum Gasteiger partial charge on any atom is 0.0897 e. The lowest BCUT2D eigenvalue weighted by molar-refractivity contribution is 0.163. The molecule has 4 nitrogen and oxygen atoms in total. The van der Waals surface area contributed by atoms with Gasteiger partial charge in [0.15, 0.2) is 0 Å². The van der Waals surface area contributed by atoms with Crippen molar-refractivity contribution < 1.29 is 0 Å². The molecule has 1 saturated heterocycles. The summed E-state index contributed by atoms with van der Waals surface area (Å²) in [5, 5.41) is 4.66. The summed E-state index contributed by atoms with van der Waals surface area (Å²) in [7, 11) is 0. The highest BCUT2D eigenvalue weighted by molar-refractivity contribution is 7.11. The van der Waals surface area contributed by atoms with E-state index in [0.717, 1.165) is 36.9 Å². The quantitative estimate of drug-likeness (QED) is 0.921. The Morgan fingerprint density at radius 3 is 2.95 bits per heavy atom. The highest BCUT2D eigenvalue weighted by Crippen LogP contribution is 2.21. The van der Waals surface area contributed by atoms with Crippen LogP contribution in [0.2, 0.25) is 0 Å². The van der Waals surface area contributed by atoms with Gasteiger partial charge in [-0.05, 0) is 51.4 Å². The normalized spacial score (nSPS) is 19.3. The van der Waals surface area contributed by atoms with Gasteiger partial charge in [0.2, 0.25) is 0 Å². The number of hydrogen-bond donors (Lipinski definition) is 1. The molecule has 1 aliphatic heterocycles. The molecular formula is C17H24N4S. The largest absolute Gasteiger partial charge is 0.317 e. The first-order valence-electron chi connectivity index (χ1n) is 8.07. The Hall–Kier alpha value is -1.30. The molecule has 3 heterocycles. The summed E-state index contributed by atoms with van der Waals surface area (Å²) in [5.41, 5.74) is 1.15. The topological polar surface area (TPSA) is 41.1 Å². The van der Waals surface area contributed by atoms with Crippen LogP contribution in [0.15, 0.2) is 30.6 Å². The van der Waals surface area contributed by atoms with Crippen molar-refractivity contribution in [2.75, 3.05) is 13.1 Å². The van der Waals surface area contributed by atoms with Gasteiger partial charge in [-0.1, -0.05) is 6.07 Å². The number of aromatic nitrogens is 2. The van der Waals surface area contributed by atoms with Crippen LogP contribution in [0, 0.1) is 6.92 Å². The molecule has 2 aromatic heterocycles. The standard InChI is InChI=1S/C17H24N4S/c1-14-20-11-17(22-14)13-21(12-15-5-2-3-9-19-15)16-6-4-8-18-10-7-16/h2-3,5,9,11,16,18H,4,6-8,10,12-13H2,1H3/t16-/m0/s1. The van der Waals surface area contributed by atoms with Crippen molar-refractivity contribution in [1.82, 2.24) is 20.2 Å². The fourth-order valence-corrected chi connectivity index (χ4v) is 3.88. The van der Waals surface area contributed by atoms with Crippen LogP contribution < -0.4 is 5.32 Å². The Bertz CT molecular complexity index is 561. The molecule has 1 fully saturated rings. The second-order valence-corrected chi connectivity index (χ2v) is 7.23. The van der Waals surface area contributed by atoms with E-state index in [1.54, 1.807) is 0 Å². The molecule has 0 aromatic carbocycles. The average molecular weight is 316 g/mol. The van der Waals surface area contributed by atoms with Crippen LogP contribution in [0.1, 0.15) is 34.8 Å². The molecule has 0 spiro atoms. The zero-order valence-corrected chi connectivity index (χ0v) is 14.0. The minimum Gasteiger partial charge on any atom is -0.317 e. The molecule has 0 unspecified atom stereocenters. The molecule has 0 bridgehead atoms. The van der Waals surface area contributed by atoms with Crippen LogP contribution in [0.5, 0.6) is 0 Å². The number of aryl methyl sites for hydroxylation is 1. The van der Waals surface area contributed by atoms with Gasteiger partial charge >= 0.3 is 0 Å². The summed E-state index contributed by atoms with van der Waals surface area (Å²) < 4.78 is 0. The monoisotopic (exact) mass is 316 g/mol. The summed E-state index contributed by atoms with van der Waals surface area (Å²) in [5.74, 6) is 0. The molecule has 0 radical (unpaired) electrons. The lowest BCUT2D eigenvalue weighted by Gasteiger charge is -2.30. The maximum absolute atomic E-state index is 4.51. The van der Waals surface area contributed by atoms with Crippen LogP contribution in [-0.4, -0.2) is 34.0 Å². The van der Waals surface area contributed by atoms with Crippen molar-refractivity contribution in [3.05, 3.63) is 46.2 Å². The third-order valence-corrected chi connectivity index (χ3v) is 5.08. The molecule has 118 valence electrons. The van der Waals surface area contributed by atoms with Crippen molar-refractivity contribution in [1.29, 1.82) is 0 Å². The van der Waals surface area contributed by atoms with E-state index >= 15 is 0 Å². The maximum atomic E-state index is 4.51. The molecule has 0 amide bonds. The van der Waals surface area contributed by atoms with Gasteiger partial charge in [0.05, 0.1) is 10.7 Å². The third kappa shape index (κ3) is 4.35. The number of nitrogens with one attached hydrogen (secondary N) is 1. The van der Waals surface area contributed by atoms with Crippen molar-refractivity contribution >= 4 is 11.3 Å². The van der Waals surface area contributed by atoms with Crippen molar-refractivity contribution in [2.45, 2.75) is 45.3 Å². The zero-order chi connectivity index (χ0) is 15.2. The van der Waals surface area contributed by atoms with Gasteiger partial charge in [-0.2, -0.15) is 0 Å². The van der Waals surface area contributed by atoms with E-state index < -0.39 is 0 Å². The second kappa shape index (κ2) is 7.81. The number of rotatable bonds is 5. The molecule has 3 rings (SSSR count). The van der Waals surface area contributed by atoms with Crippen LogP contribution in [0.4, 0.5) is 0 Å². The summed E-state index contributed by atoms with van der Waals surface area (Å²) in [6.07, 6.45) is 7.65. The lowest BCUT2D eigenvalue weighted by atomic mass is 10.1. The number of nitrogens with zero attached hydrogens (tertiary/aromatic N) is 3. The van der Waals surface area contributed by atoms with Gasteiger partial charge in [-0.3, -0.25) is 9.88 Å². The minimum absolute atomic E-state index is 0.624. The van der Waals surface area contributed by atoms with Gasteiger partial charge in [0, 0.05) is 36.4 Å². The van der Waals surface area contributed by atoms with E-state index in [9.17, 15) is 0 Å². The van der Waals surface area contributed by atoms with Crippen molar-refractivity contribution in [3.63, 3.8) is 0 Å². The molecule has 2 aromatic rings. The Morgan fingerprint density at radius 1 is 1.23 bits per heavy atom. The first kappa shape index (κ1) is 15.6.